The van der Waals surface area contributed by atoms with Gasteiger partial charge in [-0.3, -0.25) is 9.05 Å². The van der Waals surface area contributed by atoms with Crippen molar-refractivity contribution in [1.82, 2.24) is 4.67 Å². The fourth-order valence-electron chi connectivity index (χ4n) is 2.58. The lowest BCUT2D eigenvalue weighted by atomic mass is 9.97. The molecule has 1 aliphatic rings. The van der Waals surface area contributed by atoms with E-state index in [1.54, 1.807) is 0 Å². The first kappa shape index (κ1) is 18.4. The first-order valence-corrected chi connectivity index (χ1v) is 9.72. The first-order chi connectivity index (χ1) is 10.9. The van der Waals surface area contributed by atoms with Crippen LogP contribution in [-0.2, 0) is 20.2 Å². The summed E-state index contributed by atoms with van der Waals surface area (Å²) in [4.78, 5) is 0. The van der Waals surface area contributed by atoms with Crippen molar-refractivity contribution in [2.75, 3.05) is 13.2 Å². The summed E-state index contributed by atoms with van der Waals surface area (Å²) in [5.41, 5.74) is 0.975. The normalized spacial score (nSPS) is 21.0. The lowest BCUT2D eigenvalue weighted by Crippen LogP contribution is -2.38. The van der Waals surface area contributed by atoms with Crippen molar-refractivity contribution >= 4 is 7.75 Å². The molecule has 2 rings (SSSR count). The molecular weight excluding hydrogens is 309 g/mol. The molecule has 1 heterocycles. The SMILES string of the molecule is C=CC(CCC)N(Cc1ccccc1)P1(=O)OCC(C)(C)CO1. The van der Waals surface area contributed by atoms with Crippen LogP contribution in [0.3, 0.4) is 0 Å². The third-order valence-electron chi connectivity index (χ3n) is 3.98. The summed E-state index contributed by atoms with van der Waals surface area (Å²) in [6.07, 6.45) is 3.70. The van der Waals surface area contributed by atoms with Crippen LogP contribution >= 0.6 is 7.75 Å². The molecule has 1 aliphatic heterocycles. The Hall–Kier alpha value is -0.930. The molecule has 1 aromatic rings. The van der Waals surface area contributed by atoms with Crippen LogP contribution < -0.4 is 0 Å². The van der Waals surface area contributed by atoms with Gasteiger partial charge in [-0.05, 0) is 12.0 Å². The van der Waals surface area contributed by atoms with Gasteiger partial charge in [0.1, 0.15) is 0 Å². The Kier molecular flexibility index (Phi) is 6.21. The zero-order valence-electron chi connectivity index (χ0n) is 14.4. The van der Waals surface area contributed by atoms with Crippen LogP contribution in [0.15, 0.2) is 43.0 Å². The van der Waals surface area contributed by atoms with Crippen LogP contribution in [0.25, 0.3) is 0 Å². The quantitative estimate of drug-likeness (QED) is 0.517. The summed E-state index contributed by atoms with van der Waals surface area (Å²) in [5.74, 6) is 0. The molecule has 0 N–H and O–H groups in total. The molecule has 0 radical (unpaired) electrons. The predicted molar refractivity (Wildman–Crippen MR) is 94.2 cm³/mol. The number of nitrogens with zero attached hydrogens (tertiary/aromatic N) is 1. The number of rotatable bonds is 7. The summed E-state index contributed by atoms with van der Waals surface area (Å²) in [5, 5.41) is 0. The van der Waals surface area contributed by atoms with Crippen LogP contribution in [0.2, 0.25) is 0 Å². The van der Waals surface area contributed by atoms with E-state index >= 15 is 0 Å². The Morgan fingerprint density at radius 2 is 1.91 bits per heavy atom. The van der Waals surface area contributed by atoms with E-state index in [0.717, 1.165) is 18.4 Å². The Balaban J connectivity index is 2.25. The highest BCUT2D eigenvalue weighted by molar-refractivity contribution is 7.51. The zero-order chi connectivity index (χ0) is 16.9. The lowest BCUT2D eigenvalue weighted by molar-refractivity contribution is 0.0163. The molecule has 0 aliphatic carbocycles. The molecule has 5 heteroatoms. The van der Waals surface area contributed by atoms with Crippen molar-refractivity contribution in [3.05, 3.63) is 48.6 Å². The number of hydrogen-bond donors (Lipinski definition) is 0. The highest BCUT2D eigenvalue weighted by atomic mass is 31.2. The van der Waals surface area contributed by atoms with E-state index in [0.29, 0.717) is 19.8 Å². The van der Waals surface area contributed by atoms with Crippen LogP contribution in [0.1, 0.15) is 39.2 Å². The molecule has 4 nitrogen and oxygen atoms in total. The van der Waals surface area contributed by atoms with Gasteiger partial charge in [0.2, 0.25) is 0 Å². The van der Waals surface area contributed by atoms with Crippen molar-refractivity contribution in [2.24, 2.45) is 5.41 Å². The Bertz CT molecular complexity index is 545. The monoisotopic (exact) mass is 337 g/mol. The summed E-state index contributed by atoms with van der Waals surface area (Å²) < 4.78 is 26.7. The highest BCUT2D eigenvalue weighted by Gasteiger charge is 2.43. The summed E-state index contributed by atoms with van der Waals surface area (Å²) in [6.45, 7) is 11.5. The van der Waals surface area contributed by atoms with Crippen LogP contribution in [-0.4, -0.2) is 23.9 Å². The Morgan fingerprint density at radius 3 is 2.43 bits per heavy atom. The first-order valence-electron chi connectivity index (χ1n) is 8.23. The molecule has 1 fully saturated rings. The third-order valence-corrected chi connectivity index (χ3v) is 5.96. The van der Waals surface area contributed by atoms with Gasteiger partial charge in [-0.15, -0.1) is 6.58 Å². The van der Waals surface area contributed by atoms with E-state index < -0.39 is 7.75 Å². The lowest BCUT2D eigenvalue weighted by Gasteiger charge is -2.41. The second-order valence-electron chi connectivity index (χ2n) is 6.85. The van der Waals surface area contributed by atoms with E-state index in [-0.39, 0.29) is 11.5 Å². The maximum absolute atomic E-state index is 13.3. The second-order valence-corrected chi connectivity index (χ2v) is 8.82. The van der Waals surface area contributed by atoms with Crippen LogP contribution in [0.4, 0.5) is 0 Å². The second kappa shape index (κ2) is 7.76. The van der Waals surface area contributed by atoms with Gasteiger partial charge >= 0.3 is 7.75 Å². The molecule has 1 unspecified atom stereocenters. The Labute approximate surface area is 140 Å². The van der Waals surface area contributed by atoms with Crippen molar-refractivity contribution in [3.8, 4) is 0 Å². The van der Waals surface area contributed by atoms with E-state index in [1.807, 2.05) is 41.1 Å². The van der Waals surface area contributed by atoms with E-state index in [2.05, 4.69) is 27.4 Å². The van der Waals surface area contributed by atoms with Gasteiger partial charge in [-0.1, -0.05) is 63.6 Å². The fraction of sp³-hybridized carbons (Fsp3) is 0.556. The molecule has 23 heavy (non-hydrogen) atoms. The zero-order valence-corrected chi connectivity index (χ0v) is 15.3. The van der Waals surface area contributed by atoms with Gasteiger partial charge in [0.25, 0.3) is 0 Å². The van der Waals surface area contributed by atoms with Gasteiger partial charge in [0.15, 0.2) is 0 Å². The van der Waals surface area contributed by atoms with E-state index in [9.17, 15) is 4.57 Å². The van der Waals surface area contributed by atoms with Crippen LogP contribution in [0, 0.1) is 5.41 Å². The minimum absolute atomic E-state index is 0.0350. The smallest absolute Gasteiger partial charge is 0.296 e. The summed E-state index contributed by atoms with van der Waals surface area (Å²) >= 11 is 0. The largest absolute Gasteiger partial charge is 0.409 e. The molecule has 1 saturated heterocycles. The van der Waals surface area contributed by atoms with Crippen molar-refractivity contribution in [2.45, 2.75) is 46.2 Å². The molecule has 0 spiro atoms. The molecule has 1 aromatic carbocycles. The maximum atomic E-state index is 13.3. The number of hydrogen-bond acceptors (Lipinski definition) is 3. The topological polar surface area (TPSA) is 38.8 Å². The Morgan fingerprint density at radius 1 is 1.30 bits per heavy atom. The third kappa shape index (κ3) is 4.77. The molecular formula is C18H28NO3P. The number of benzene rings is 1. The molecule has 0 bridgehead atoms. The van der Waals surface area contributed by atoms with Gasteiger partial charge in [0.05, 0.1) is 13.2 Å². The van der Waals surface area contributed by atoms with Gasteiger partial charge in [0, 0.05) is 18.0 Å². The fourth-order valence-corrected chi connectivity index (χ4v) is 4.89. The van der Waals surface area contributed by atoms with E-state index in [1.165, 1.54) is 0 Å². The average Bonchev–Trinajstić information content (AvgIpc) is 2.55. The predicted octanol–water partition coefficient (Wildman–Crippen LogP) is 5.02. The maximum Gasteiger partial charge on any atom is 0.409 e. The minimum Gasteiger partial charge on any atom is -0.296 e. The van der Waals surface area contributed by atoms with Crippen LogP contribution in [0.5, 0.6) is 0 Å². The molecule has 128 valence electrons. The molecule has 0 saturated carbocycles. The highest BCUT2D eigenvalue weighted by Crippen LogP contribution is 2.58. The summed E-state index contributed by atoms with van der Waals surface area (Å²) in [7, 11) is -3.31. The van der Waals surface area contributed by atoms with Gasteiger partial charge in [-0.25, -0.2) is 4.57 Å². The minimum atomic E-state index is -3.31. The van der Waals surface area contributed by atoms with Crippen molar-refractivity contribution in [3.63, 3.8) is 0 Å². The molecule has 0 amide bonds. The van der Waals surface area contributed by atoms with Gasteiger partial charge < -0.3 is 0 Å². The average molecular weight is 337 g/mol. The molecule has 1 atom stereocenters. The summed E-state index contributed by atoms with van der Waals surface area (Å²) in [6, 6.07) is 9.96. The standard InChI is InChI=1S/C18H28NO3P/c1-5-10-17(6-2)19(13-16-11-8-7-9-12-16)23(20)21-14-18(3,4)15-22-23/h6-9,11-12,17H,2,5,10,13-15H2,1,3-4H3. The van der Waals surface area contributed by atoms with E-state index in [4.69, 9.17) is 9.05 Å². The van der Waals surface area contributed by atoms with Crippen molar-refractivity contribution < 1.29 is 13.6 Å². The van der Waals surface area contributed by atoms with Crippen molar-refractivity contribution in [1.29, 1.82) is 0 Å². The van der Waals surface area contributed by atoms with Gasteiger partial charge in [-0.2, -0.15) is 4.67 Å². The molecule has 0 aromatic heterocycles.